The highest BCUT2D eigenvalue weighted by Crippen LogP contribution is 2.19. The Kier molecular flexibility index (Phi) is 4.76. The Morgan fingerprint density at radius 1 is 1.29 bits per heavy atom. The molecule has 2 aromatic heterocycles. The maximum Gasteiger partial charge on any atom is 0.263 e. The molecule has 1 amide bonds. The molecular weight excluding hydrogens is 306 g/mol. The molecule has 0 aliphatic carbocycles. The van der Waals surface area contributed by atoms with E-state index in [2.05, 4.69) is 10.3 Å². The molecule has 3 heterocycles. The van der Waals surface area contributed by atoms with Crippen molar-refractivity contribution in [1.29, 1.82) is 0 Å². The smallest absolute Gasteiger partial charge is 0.263 e. The summed E-state index contributed by atoms with van der Waals surface area (Å²) in [5, 5.41) is 2.96. The molecule has 6 heteroatoms. The molecule has 2 atom stereocenters. The second kappa shape index (κ2) is 6.97. The van der Waals surface area contributed by atoms with Gasteiger partial charge >= 0.3 is 0 Å². The average Bonchev–Trinajstić information content (AvgIpc) is 3.00. The molecule has 0 unspecified atom stereocenters. The van der Waals surface area contributed by atoms with Crippen LogP contribution in [0.15, 0.2) is 41.5 Å². The molecule has 2 aromatic rings. The minimum Gasteiger partial charge on any atom is -0.379 e. The summed E-state index contributed by atoms with van der Waals surface area (Å²) in [5.41, 5.74) is 1.86. The van der Waals surface area contributed by atoms with Crippen molar-refractivity contribution in [3.63, 3.8) is 0 Å². The van der Waals surface area contributed by atoms with Crippen LogP contribution in [0.4, 0.5) is 0 Å². The highest BCUT2D eigenvalue weighted by Gasteiger charge is 2.30. The molecule has 24 heavy (non-hydrogen) atoms. The molecule has 1 N–H and O–H groups in total. The maximum atomic E-state index is 12.5. The van der Waals surface area contributed by atoms with Crippen LogP contribution in [0.3, 0.4) is 0 Å². The molecule has 1 fully saturated rings. The highest BCUT2D eigenvalue weighted by atomic mass is 16.5. The van der Waals surface area contributed by atoms with Crippen molar-refractivity contribution in [1.82, 2.24) is 14.9 Å². The van der Waals surface area contributed by atoms with E-state index in [9.17, 15) is 9.59 Å². The normalized spacial score (nSPS) is 20.1. The van der Waals surface area contributed by atoms with Gasteiger partial charge in [0.15, 0.2) is 0 Å². The number of nitrogens with one attached hydrogen (secondary N) is 1. The number of carbonyl (C=O) groups excluding carboxylic acids is 1. The van der Waals surface area contributed by atoms with Gasteiger partial charge in [-0.3, -0.25) is 14.6 Å². The van der Waals surface area contributed by atoms with Crippen molar-refractivity contribution >= 4 is 5.91 Å². The fourth-order valence-corrected chi connectivity index (χ4v) is 2.93. The number of rotatable bonds is 4. The van der Waals surface area contributed by atoms with Crippen molar-refractivity contribution in [3.05, 3.63) is 63.8 Å². The molecule has 3 rings (SSSR count). The number of hydrogen-bond acceptors (Lipinski definition) is 4. The second-order valence-electron chi connectivity index (χ2n) is 6.19. The summed E-state index contributed by atoms with van der Waals surface area (Å²) in [6.45, 7) is 2.89. The lowest BCUT2D eigenvalue weighted by atomic mass is 9.95. The molecular formula is C18H21N3O3. The van der Waals surface area contributed by atoms with Gasteiger partial charge in [-0.2, -0.15) is 0 Å². The van der Waals surface area contributed by atoms with E-state index < -0.39 is 0 Å². The van der Waals surface area contributed by atoms with E-state index in [1.165, 1.54) is 4.57 Å². The zero-order valence-electron chi connectivity index (χ0n) is 13.9. The Hall–Kier alpha value is -2.47. The van der Waals surface area contributed by atoms with E-state index in [-0.39, 0.29) is 29.0 Å². The largest absolute Gasteiger partial charge is 0.379 e. The highest BCUT2D eigenvalue weighted by molar-refractivity contribution is 5.94. The monoisotopic (exact) mass is 327 g/mol. The Morgan fingerprint density at radius 2 is 2.04 bits per heavy atom. The minimum atomic E-state index is -0.342. The Balaban J connectivity index is 1.72. The summed E-state index contributed by atoms with van der Waals surface area (Å²) in [6, 6.07) is 7.19. The van der Waals surface area contributed by atoms with Crippen LogP contribution in [0.2, 0.25) is 0 Å². The van der Waals surface area contributed by atoms with Gasteiger partial charge in [-0.05, 0) is 43.2 Å². The van der Waals surface area contributed by atoms with Crippen molar-refractivity contribution in [2.75, 3.05) is 13.2 Å². The summed E-state index contributed by atoms with van der Waals surface area (Å²) in [4.78, 5) is 28.7. The van der Waals surface area contributed by atoms with Crippen molar-refractivity contribution < 1.29 is 9.53 Å². The summed E-state index contributed by atoms with van der Waals surface area (Å²) < 4.78 is 7.02. The quantitative estimate of drug-likeness (QED) is 0.912. The van der Waals surface area contributed by atoms with Gasteiger partial charge in [0.25, 0.3) is 11.5 Å². The van der Waals surface area contributed by atoms with Crippen molar-refractivity contribution in [2.45, 2.75) is 19.4 Å². The van der Waals surface area contributed by atoms with E-state index in [0.29, 0.717) is 13.2 Å². The summed E-state index contributed by atoms with van der Waals surface area (Å²) in [7, 11) is 1.67. The van der Waals surface area contributed by atoms with Crippen LogP contribution in [-0.2, 0) is 18.2 Å². The van der Waals surface area contributed by atoms with E-state index in [4.69, 9.17) is 4.74 Å². The zero-order chi connectivity index (χ0) is 17.1. The maximum absolute atomic E-state index is 12.5. The van der Waals surface area contributed by atoms with Gasteiger partial charge in [0, 0.05) is 31.1 Å². The second-order valence-corrected chi connectivity index (χ2v) is 6.19. The molecule has 0 saturated carbocycles. The Bertz CT molecular complexity index is 786. The van der Waals surface area contributed by atoms with Crippen LogP contribution in [0.1, 0.15) is 21.6 Å². The first-order chi connectivity index (χ1) is 11.6. The van der Waals surface area contributed by atoms with Gasteiger partial charge in [-0.1, -0.05) is 0 Å². The third-order valence-electron chi connectivity index (χ3n) is 4.56. The van der Waals surface area contributed by atoms with E-state index in [1.807, 2.05) is 19.1 Å². The minimum absolute atomic E-state index is 0.100. The predicted molar refractivity (Wildman–Crippen MR) is 89.9 cm³/mol. The number of aryl methyl sites for hydroxylation is 1. The number of nitrogens with zero attached hydrogens (tertiary/aromatic N) is 2. The van der Waals surface area contributed by atoms with Gasteiger partial charge < -0.3 is 14.6 Å². The van der Waals surface area contributed by atoms with Gasteiger partial charge in [0.05, 0.1) is 19.3 Å². The fourth-order valence-electron chi connectivity index (χ4n) is 2.93. The van der Waals surface area contributed by atoms with Gasteiger partial charge in [-0.25, -0.2) is 0 Å². The molecule has 1 aliphatic heterocycles. The predicted octanol–water partition coefficient (Wildman–Crippen LogP) is 1.08. The van der Waals surface area contributed by atoms with E-state index >= 15 is 0 Å². The third-order valence-corrected chi connectivity index (χ3v) is 4.56. The number of carbonyl (C=O) groups is 1. The Labute approximate surface area is 140 Å². The fraction of sp³-hybridized carbons (Fsp3) is 0.389. The topological polar surface area (TPSA) is 73.2 Å². The van der Waals surface area contributed by atoms with Crippen molar-refractivity contribution in [3.8, 4) is 0 Å². The molecule has 6 nitrogen and oxygen atoms in total. The number of aromatic nitrogens is 2. The SMILES string of the molecule is Cc1ccc(C(=O)N[C@H]2COC[C@H]2Cc2ccncc2)c(=O)n1C. The first-order valence-corrected chi connectivity index (χ1v) is 8.00. The van der Waals surface area contributed by atoms with E-state index in [1.54, 1.807) is 31.6 Å². The first-order valence-electron chi connectivity index (χ1n) is 8.00. The van der Waals surface area contributed by atoms with Crippen LogP contribution in [0.5, 0.6) is 0 Å². The molecule has 0 radical (unpaired) electrons. The van der Waals surface area contributed by atoms with E-state index in [0.717, 1.165) is 17.7 Å². The lowest BCUT2D eigenvalue weighted by Crippen LogP contribution is -2.43. The lowest BCUT2D eigenvalue weighted by molar-refractivity contribution is 0.0923. The first kappa shape index (κ1) is 16.4. The van der Waals surface area contributed by atoms with Crippen LogP contribution >= 0.6 is 0 Å². The van der Waals surface area contributed by atoms with Gasteiger partial charge in [-0.15, -0.1) is 0 Å². The van der Waals surface area contributed by atoms with Crippen LogP contribution in [-0.4, -0.2) is 34.7 Å². The number of amides is 1. The lowest BCUT2D eigenvalue weighted by Gasteiger charge is -2.19. The Morgan fingerprint density at radius 3 is 2.79 bits per heavy atom. The zero-order valence-corrected chi connectivity index (χ0v) is 13.9. The van der Waals surface area contributed by atoms with Crippen molar-refractivity contribution in [2.24, 2.45) is 13.0 Å². The molecule has 126 valence electrons. The number of hydrogen-bond donors (Lipinski definition) is 1. The van der Waals surface area contributed by atoms with Crippen LogP contribution in [0, 0.1) is 12.8 Å². The molecule has 1 aliphatic rings. The molecule has 0 aromatic carbocycles. The summed E-state index contributed by atoms with van der Waals surface area (Å²) >= 11 is 0. The average molecular weight is 327 g/mol. The van der Waals surface area contributed by atoms with Crippen LogP contribution in [0.25, 0.3) is 0 Å². The number of pyridine rings is 2. The van der Waals surface area contributed by atoms with Gasteiger partial charge in [0.1, 0.15) is 5.56 Å². The standard InChI is InChI=1S/C18H21N3O3/c1-12-3-4-15(18(23)21(12)2)17(22)20-16-11-24-10-14(16)9-13-5-7-19-8-6-13/h3-8,14,16H,9-11H2,1-2H3,(H,20,22)/t14-,16+/m1/s1. The molecule has 1 saturated heterocycles. The summed E-state index contributed by atoms with van der Waals surface area (Å²) in [5.74, 6) is -0.156. The summed E-state index contributed by atoms with van der Waals surface area (Å²) in [6.07, 6.45) is 4.32. The number of ether oxygens (including phenoxy) is 1. The third kappa shape index (κ3) is 3.38. The van der Waals surface area contributed by atoms with Gasteiger partial charge in [0.2, 0.25) is 0 Å². The van der Waals surface area contributed by atoms with Crippen LogP contribution < -0.4 is 10.9 Å². The molecule has 0 bridgehead atoms. The molecule has 0 spiro atoms.